The molecule has 0 atom stereocenters. The molecule has 0 aliphatic rings. The van der Waals surface area contributed by atoms with Gasteiger partial charge in [0.15, 0.2) is 18.1 Å². The number of carbonyl (C=O) groups is 3. The summed E-state index contributed by atoms with van der Waals surface area (Å²) in [7, 11) is 1.42. The van der Waals surface area contributed by atoms with Crippen molar-refractivity contribution in [1.82, 2.24) is 10.6 Å². The lowest BCUT2D eigenvalue weighted by atomic mass is 10.1. The minimum absolute atomic E-state index is 0.0971. The summed E-state index contributed by atoms with van der Waals surface area (Å²) >= 11 is 6.15. The summed E-state index contributed by atoms with van der Waals surface area (Å²) < 4.78 is 15.6. The molecule has 0 fully saturated rings. The number of hydrogen-bond acceptors (Lipinski definition) is 6. The van der Waals surface area contributed by atoms with Gasteiger partial charge < -0.3 is 19.5 Å². The first-order valence-electron chi connectivity index (χ1n) is 9.03. The van der Waals surface area contributed by atoms with Crippen molar-refractivity contribution in [2.45, 2.75) is 33.6 Å². The monoisotopic (exact) mass is 414 g/mol. The van der Waals surface area contributed by atoms with Crippen molar-refractivity contribution in [3.63, 3.8) is 0 Å². The highest BCUT2D eigenvalue weighted by Gasteiger charge is 2.18. The van der Waals surface area contributed by atoms with Crippen LogP contribution in [0.2, 0.25) is 5.02 Å². The van der Waals surface area contributed by atoms with E-state index in [0.29, 0.717) is 24.8 Å². The standard InChI is InChI=1S/C19H27ClN2O6/c1-5-8-27-17-14(20)9-13(10-15(17)26-4)18(24)28-11-16(23)22-19(25)21-7-6-12(2)3/h9-10,12H,5-8,11H2,1-4H3,(H2,21,22,23,25). The van der Waals surface area contributed by atoms with Gasteiger partial charge in [0.05, 0.1) is 24.3 Å². The Morgan fingerprint density at radius 3 is 2.54 bits per heavy atom. The van der Waals surface area contributed by atoms with E-state index in [0.717, 1.165) is 12.8 Å². The van der Waals surface area contributed by atoms with Crippen LogP contribution in [-0.2, 0) is 9.53 Å². The van der Waals surface area contributed by atoms with E-state index in [-0.39, 0.29) is 16.3 Å². The highest BCUT2D eigenvalue weighted by atomic mass is 35.5. The van der Waals surface area contributed by atoms with Crippen LogP contribution in [0, 0.1) is 5.92 Å². The molecule has 156 valence electrons. The molecule has 1 aromatic carbocycles. The summed E-state index contributed by atoms with van der Waals surface area (Å²) in [6.45, 7) is 6.27. The number of benzene rings is 1. The Morgan fingerprint density at radius 2 is 1.93 bits per heavy atom. The second-order valence-corrected chi connectivity index (χ2v) is 6.81. The van der Waals surface area contributed by atoms with E-state index in [1.807, 2.05) is 20.8 Å². The number of nitrogens with one attached hydrogen (secondary N) is 2. The normalized spacial score (nSPS) is 10.4. The van der Waals surface area contributed by atoms with Crippen molar-refractivity contribution in [2.75, 3.05) is 26.9 Å². The Bertz CT molecular complexity index is 693. The number of methoxy groups -OCH3 is 1. The first-order valence-corrected chi connectivity index (χ1v) is 9.41. The molecular formula is C19H27ClN2O6. The van der Waals surface area contributed by atoms with E-state index in [2.05, 4.69) is 10.6 Å². The molecule has 2 N–H and O–H groups in total. The van der Waals surface area contributed by atoms with Crippen LogP contribution in [0.15, 0.2) is 12.1 Å². The van der Waals surface area contributed by atoms with E-state index in [1.54, 1.807) is 0 Å². The Balaban J connectivity index is 2.59. The maximum absolute atomic E-state index is 12.2. The van der Waals surface area contributed by atoms with Crippen molar-refractivity contribution in [3.05, 3.63) is 22.7 Å². The number of imide groups is 1. The molecule has 3 amide bonds. The largest absolute Gasteiger partial charge is 0.493 e. The van der Waals surface area contributed by atoms with E-state index in [4.69, 9.17) is 25.8 Å². The Labute approximate surface area is 169 Å². The molecule has 1 rings (SSSR count). The van der Waals surface area contributed by atoms with E-state index in [9.17, 15) is 14.4 Å². The van der Waals surface area contributed by atoms with Crippen molar-refractivity contribution < 1.29 is 28.6 Å². The number of amides is 3. The van der Waals surface area contributed by atoms with Gasteiger partial charge in [-0.1, -0.05) is 32.4 Å². The molecule has 0 bridgehead atoms. The summed E-state index contributed by atoms with van der Waals surface area (Å²) in [4.78, 5) is 35.5. The fourth-order valence-electron chi connectivity index (χ4n) is 2.08. The van der Waals surface area contributed by atoms with Gasteiger partial charge in [-0.25, -0.2) is 9.59 Å². The van der Waals surface area contributed by atoms with E-state index < -0.39 is 24.5 Å². The molecule has 0 aliphatic carbocycles. The van der Waals surface area contributed by atoms with Crippen LogP contribution in [0.1, 0.15) is 44.0 Å². The molecular weight excluding hydrogens is 388 g/mol. The van der Waals surface area contributed by atoms with Gasteiger partial charge in [-0.2, -0.15) is 0 Å². The number of hydrogen-bond donors (Lipinski definition) is 2. The summed E-state index contributed by atoms with van der Waals surface area (Å²) in [6, 6.07) is 2.15. The zero-order valence-corrected chi connectivity index (χ0v) is 17.4. The van der Waals surface area contributed by atoms with Gasteiger partial charge in [-0.15, -0.1) is 0 Å². The third-order valence-electron chi connectivity index (χ3n) is 3.51. The van der Waals surface area contributed by atoms with Gasteiger partial charge in [0.25, 0.3) is 5.91 Å². The average Bonchev–Trinajstić information content (AvgIpc) is 2.64. The summed E-state index contributed by atoms with van der Waals surface area (Å²) in [5, 5.41) is 4.83. The maximum atomic E-state index is 12.2. The highest BCUT2D eigenvalue weighted by Crippen LogP contribution is 2.36. The second kappa shape index (κ2) is 12.1. The zero-order chi connectivity index (χ0) is 21.1. The van der Waals surface area contributed by atoms with Crippen LogP contribution in [0.4, 0.5) is 4.79 Å². The topological polar surface area (TPSA) is 103 Å². The second-order valence-electron chi connectivity index (χ2n) is 6.40. The van der Waals surface area contributed by atoms with Gasteiger partial charge >= 0.3 is 12.0 Å². The quantitative estimate of drug-likeness (QED) is 0.570. The van der Waals surface area contributed by atoms with E-state index in [1.165, 1.54) is 19.2 Å². The fraction of sp³-hybridized carbons (Fsp3) is 0.526. The number of rotatable bonds is 10. The Hall–Kier alpha value is -2.48. The average molecular weight is 415 g/mol. The van der Waals surface area contributed by atoms with Gasteiger partial charge in [0.2, 0.25) is 0 Å². The maximum Gasteiger partial charge on any atom is 0.338 e. The van der Waals surface area contributed by atoms with Crippen LogP contribution in [0.3, 0.4) is 0 Å². The molecule has 0 spiro atoms. The van der Waals surface area contributed by atoms with Crippen molar-refractivity contribution in [3.8, 4) is 11.5 Å². The van der Waals surface area contributed by atoms with Crippen LogP contribution in [0.25, 0.3) is 0 Å². The lowest BCUT2D eigenvalue weighted by Gasteiger charge is -2.13. The predicted octanol–water partition coefficient (Wildman–Crippen LogP) is 3.17. The van der Waals surface area contributed by atoms with Gasteiger partial charge in [0.1, 0.15) is 0 Å². The minimum atomic E-state index is -0.780. The van der Waals surface area contributed by atoms with Crippen molar-refractivity contribution >= 4 is 29.5 Å². The number of esters is 1. The van der Waals surface area contributed by atoms with E-state index >= 15 is 0 Å². The molecule has 0 saturated heterocycles. The molecule has 9 heteroatoms. The third-order valence-corrected chi connectivity index (χ3v) is 3.79. The Kier molecular flexibility index (Phi) is 10.2. The van der Waals surface area contributed by atoms with Crippen LogP contribution in [-0.4, -0.2) is 44.8 Å². The highest BCUT2D eigenvalue weighted by molar-refractivity contribution is 6.32. The number of urea groups is 1. The van der Waals surface area contributed by atoms with Gasteiger partial charge in [0, 0.05) is 6.54 Å². The first-order chi connectivity index (χ1) is 13.3. The molecule has 1 aromatic rings. The van der Waals surface area contributed by atoms with Gasteiger partial charge in [-0.05, 0) is 30.9 Å². The molecule has 8 nitrogen and oxygen atoms in total. The van der Waals surface area contributed by atoms with Crippen molar-refractivity contribution in [1.29, 1.82) is 0 Å². The Morgan fingerprint density at radius 1 is 1.21 bits per heavy atom. The predicted molar refractivity (Wildman–Crippen MR) is 105 cm³/mol. The zero-order valence-electron chi connectivity index (χ0n) is 16.6. The van der Waals surface area contributed by atoms with Crippen LogP contribution < -0.4 is 20.1 Å². The lowest BCUT2D eigenvalue weighted by molar-refractivity contribution is -0.123. The molecule has 0 saturated carbocycles. The van der Waals surface area contributed by atoms with Gasteiger partial charge in [-0.3, -0.25) is 10.1 Å². The first kappa shape index (κ1) is 23.6. The number of halogens is 1. The minimum Gasteiger partial charge on any atom is -0.493 e. The summed E-state index contributed by atoms with van der Waals surface area (Å²) in [6.07, 6.45) is 1.57. The number of ether oxygens (including phenoxy) is 3. The van der Waals surface area contributed by atoms with Crippen molar-refractivity contribution in [2.24, 2.45) is 5.92 Å². The lowest BCUT2D eigenvalue weighted by Crippen LogP contribution is -2.41. The fourth-order valence-corrected chi connectivity index (χ4v) is 2.34. The molecule has 0 radical (unpaired) electrons. The molecule has 0 heterocycles. The SMILES string of the molecule is CCCOc1c(Cl)cc(C(=O)OCC(=O)NC(=O)NCCC(C)C)cc1OC. The molecule has 28 heavy (non-hydrogen) atoms. The smallest absolute Gasteiger partial charge is 0.338 e. The summed E-state index contributed by atoms with van der Waals surface area (Å²) in [5.74, 6) is -0.478. The third kappa shape index (κ3) is 8.04. The van der Waals surface area contributed by atoms with Crippen LogP contribution >= 0.6 is 11.6 Å². The molecule has 0 unspecified atom stereocenters. The molecule has 0 aromatic heterocycles. The molecule has 0 aliphatic heterocycles. The van der Waals surface area contributed by atoms with Crippen LogP contribution in [0.5, 0.6) is 11.5 Å². The summed E-state index contributed by atoms with van der Waals surface area (Å²) in [5.41, 5.74) is 0.0971. The number of carbonyl (C=O) groups excluding carboxylic acids is 3.